The molecule has 14 heavy (non-hydrogen) atoms. The largest absolute Gasteiger partial charge is 0.493 e. The van der Waals surface area contributed by atoms with E-state index in [1.807, 2.05) is 0 Å². The number of para-hydroxylation sites is 2. The second kappa shape index (κ2) is 4.23. The highest BCUT2D eigenvalue weighted by molar-refractivity contribution is 5.39. The highest BCUT2D eigenvalue weighted by atomic mass is 19.3. The Morgan fingerprint density at radius 1 is 1.21 bits per heavy atom. The Kier molecular flexibility index (Phi) is 3.24. The highest BCUT2D eigenvalue weighted by Crippen LogP contribution is 2.29. The molecule has 0 atom stereocenters. The summed E-state index contributed by atoms with van der Waals surface area (Å²) in [6.07, 6.45) is -3.39. The van der Waals surface area contributed by atoms with Crippen molar-refractivity contribution >= 4 is 0 Å². The van der Waals surface area contributed by atoms with E-state index in [4.69, 9.17) is 4.74 Å². The third-order valence-electron chi connectivity index (χ3n) is 1.60. The number of alkyl halides is 2. The number of halogens is 2. The minimum absolute atomic E-state index is 0.00523. The first-order valence-corrected chi connectivity index (χ1v) is 3.98. The monoisotopic (exact) mass is 203 g/mol. The van der Waals surface area contributed by atoms with Crippen LogP contribution in [0.3, 0.4) is 0 Å². The summed E-state index contributed by atoms with van der Waals surface area (Å²) in [6.45, 7) is 0. The molecule has 3 nitrogen and oxygen atoms in total. The first-order valence-electron chi connectivity index (χ1n) is 3.98. The van der Waals surface area contributed by atoms with Crippen LogP contribution in [0.4, 0.5) is 8.78 Å². The van der Waals surface area contributed by atoms with Crippen molar-refractivity contribution in [3.05, 3.63) is 24.3 Å². The van der Waals surface area contributed by atoms with E-state index in [1.165, 1.54) is 13.2 Å². The molecule has 0 saturated heterocycles. The molecule has 0 aromatic heterocycles. The van der Waals surface area contributed by atoms with E-state index < -0.39 is 6.23 Å². The zero-order valence-corrected chi connectivity index (χ0v) is 7.88. The van der Waals surface area contributed by atoms with Gasteiger partial charge in [0.15, 0.2) is 11.5 Å². The average molecular weight is 203 g/mol. The van der Waals surface area contributed by atoms with Crippen LogP contribution in [0, 0.1) is 0 Å². The topological polar surface area (TPSA) is 30.5 Å². The first kappa shape index (κ1) is 10.7. The van der Waals surface area contributed by atoms with Crippen molar-refractivity contribution in [3.63, 3.8) is 0 Å². The van der Waals surface area contributed by atoms with E-state index in [0.717, 1.165) is 7.05 Å². The van der Waals surface area contributed by atoms with E-state index >= 15 is 0 Å². The minimum Gasteiger partial charge on any atom is -0.493 e. The Bertz CT molecular complexity index is 305. The van der Waals surface area contributed by atoms with Gasteiger partial charge < -0.3 is 9.47 Å². The van der Waals surface area contributed by atoms with Crippen LogP contribution < -0.4 is 14.8 Å². The van der Waals surface area contributed by atoms with Crippen LogP contribution in [-0.2, 0) is 0 Å². The van der Waals surface area contributed by atoms with E-state index in [0.29, 0.717) is 0 Å². The molecule has 0 spiro atoms. The van der Waals surface area contributed by atoms with Crippen molar-refractivity contribution in [2.24, 2.45) is 0 Å². The van der Waals surface area contributed by atoms with Crippen LogP contribution >= 0.6 is 0 Å². The molecule has 0 saturated carbocycles. The summed E-state index contributed by atoms with van der Waals surface area (Å²) in [5.74, 6) is 0.261. The van der Waals surface area contributed by atoms with Gasteiger partial charge in [0.1, 0.15) is 0 Å². The lowest BCUT2D eigenvalue weighted by molar-refractivity contribution is -0.196. The molecule has 0 bridgehead atoms. The molecule has 0 aliphatic heterocycles. The summed E-state index contributed by atoms with van der Waals surface area (Å²) in [5, 5.41) is 1.73. The number of rotatable bonds is 4. The minimum atomic E-state index is -3.39. The summed E-state index contributed by atoms with van der Waals surface area (Å²) in [7, 11) is 2.50. The van der Waals surface area contributed by atoms with Gasteiger partial charge in [0.25, 0.3) is 0 Å². The molecular weight excluding hydrogens is 192 g/mol. The van der Waals surface area contributed by atoms with E-state index in [9.17, 15) is 8.78 Å². The van der Waals surface area contributed by atoms with Crippen LogP contribution in [0.15, 0.2) is 24.3 Å². The van der Waals surface area contributed by atoms with Crippen molar-refractivity contribution in [1.29, 1.82) is 0 Å². The number of hydrogen-bond donors (Lipinski definition) is 1. The van der Waals surface area contributed by atoms with Gasteiger partial charge in [0.05, 0.1) is 7.11 Å². The third kappa shape index (κ3) is 2.56. The quantitative estimate of drug-likeness (QED) is 0.598. The first-order chi connectivity index (χ1) is 6.59. The van der Waals surface area contributed by atoms with Crippen LogP contribution in [-0.4, -0.2) is 20.4 Å². The number of nitrogens with one attached hydrogen (secondary N) is 1. The molecule has 1 N–H and O–H groups in total. The fourth-order valence-electron chi connectivity index (χ4n) is 0.892. The van der Waals surface area contributed by atoms with Crippen molar-refractivity contribution in [3.8, 4) is 11.5 Å². The summed E-state index contributed by atoms with van der Waals surface area (Å²) in [6, 6.07) is 6.21. The lowest BCUT2D eigenvalue weighted by atomic mass is 10.3. The molecule has 0 aliphatic carbocycles. The van der Waals surface area contributed by atoms with Gasteiger partial charge >= 0.3 is 6.23 Å². The number of methoxy groups -OCH3 is 1. The molecule has 1 rings (SSSR count). The summed E-state index contributed by atoms with van der Waals surface area (Å²) >= 11 is 0. The van der Waals surface area contributed by atoms with Crippen LogP contribution in [0.1, 0.15) is 0 Å². The fourth-order valence-corrected chi connectivity index (χ4v) is 0.892. The second-order valence-corrected chi connectivity index (χ2v) is 2.52. The van der Waals surface area contributed by atoms with Crippen molar-refractivity contribution in [1.82, 2.24) is 5.32 Å². The Balaban J connectivity index is 2.85. The number of hydrogen-bond acceptors (Lipinski definition) is 3. The molecule has 0 amide bonds. The Morgan fingerprint density at radius 2 is 1.79 bits per heavy atom. The van der Waals surface area contributed by atoms with Gasteiger partial charge in [-0.2, -0.15) is 0 Å². The molecule has 1 aromatic rings. The maximum absolute atomic E-state index is 12.8. The van der Waals surface area contributed by atoms with E-state index in [2.05, 4.69) is 4.74 Å². The molecule has 0 aliphatic rings. The molecule has 1 aromatic carbocycles. The van der Waals surface area contributed by atoms with E-state index in [1.54, 1.807) is 23.5 Å². The van der Waals surface area contributed by atoms with Crippen LogP contribution in [0.2, 0.25) is 0 Å². The maximum Gasteiger partial charge on any atom is 0.469 e. The van der Waals surface area contributed by atoms with Gasteiger partial charge in [-0.25, -0.2) is 5.32 Å². The lowest BCUT2D eigenvalue weighted by Gasteiger charge is -2.17. The molecule has 78 valence electrons. The predicted molar refractivity (Wildman–Crippen MR) is 47.6 cm³/mol. The molecule has 0 fully saturated rings. The Hall–Kier alpha value is -1.36. The summed E-state index contributed by atoms with van der Waals surface area (Å²) in [4.78, 5) is 0. The standard InChI is InChI=1S/C9H11F2NO2/c1-12-9(10,11)14-8-6-4-3-5-7(8)13-2/h3-6,12H,1-2H3. The smallest absolute Gasteiger partial charge is 0.469 e. The van der Waals surface area contributed by atoms with Gasteiger partial charge in [-0.05, 0) is 19.2 Å². The average Bonchev–Trinajstić information content (AvgIpc) is 2.18. The maximum atomic E-state index is 12.8. The molecule has 0 unspecified atom stereocenters. The normalized spacial score (nSPS) is 11.1. The highest BCUT2D eigenvalue weighted by Gasteiger charge is 2.30. The molecule has 0 heterocycles. The zero-order chi connectivity index (χ0) is 10.6. The summed E-state index contributed by atoms with van der Waals surface area (Å²) in [5.41, 5.74) is 0. The SMILES string of the molecule is CNC(F)(F)Oc1ccccc1OC. The van der Waals surface area contributed by atoms with Gasteiger partial charge in [-0.1, -0.05) is 12.1 Å². The van der Waals surface area contributed by atoms with Crippen molar-refractivity contribution in [2.75, 3.05) is 14.2 Å². The number of ether oxygens (including phenoxy) is 2. The van der Waals surface area contributed by atoms with Gasteiger partial charge in [0.2, 0.25) is 0 Å². The zero-order valence-electron chi connectivity index (χ0n) is 7.88. The third-order valence-corrected chi connectivity index (χ3v) is 1.60. The van der Waals surface area contributed by atoms with Crippen LogP contribution in [0.25, 0.3) is 0 Å². The van der Waals surface area contributed by atoms with E-state index in [-0.39, 0.29) is 11.5 Å². The van der Waals surface area contributed by atoms with Gasteiger partial charge in [0, 0.05) is 0 Å². The van der Waals surface area contributed by atoms with Crippen molar-refractivity contribution in [2.45, 2.75) is 6.23 Å². The lowest BCUT2D eigenvalue weighted by Crippen LogP contribution is -2.39. The second-order valence-electron chi connectivity index (χ2n) is 2.52. The number of benzene rings is 1. The molecular formula is C9H11F2NO2. The van der Waals surface area contributed by atoms with Gasteiger partial charge in [-0.3, -0.25) is 0 Å². The van der Waals surface area contributed by atoms with Gasteiger partial charge in [-0.15, -0.1) is 8.78 Å². The fraction of sp³-hybridized carbons (Fsp3) is 0.333. The van der Waals surface area contributed by atoms with Crippen LogP contribution in [0.5, 0.6) is 11.5 Å². The summed E-state index contributed by atoms with van der Waals surface area (Å²) < 4.78 is 34.8. The molecule has 5 heteroatoms. The van der Waals surface area contributed by atoms with Crippen molar-refractivity contribution < 1.29 is 18.3 Å². The Morgan fingerprint density at radius 3 is 2.29 bits per heavy atom. The molecule has 0 radical (unpaired) electrons. The predicted octanol–water partition coefficient (Wildman–Crippen LogP) is 1.84. The Labute approximate surface area is 80.6 Å².